The van der Waals surface area contributed by atoms with Crippen LogP contribution in [0.1, 0.15) is 27.7 Å². The predicted molar refractivity (Wildman–Crippen MR) is 115 cm³/mol. The molecule has 1 aliphatic heterocycles. The Labute approximate surface area is 168 Å². The summed E-state index contributed by atoms with van der Waals surface area (Å²) in [5.41, 5.74) is 3.58. The summed E-state index contributed by atoms with van der Waals surface area (Å²) in [4.78, 5) is 17.0. The fraction of sp³-hybridized carbons (Fsp3) is 0.227. The standard InChI is InChI=1S/C22H22N2OS2/c1-15-7-3-4-8-17(15)13-23-22(25)20-11-12-21(27-20)24-14-16(2)26-19-10-6-5-9-18(19)24/h3-12,16H,13-14H2,1-2H3,(H,23,25)/t16-/m0/s1. The van der Waals surface area contributed by atoms with Crippen LogP contribution in [0, 0.1) is 6.92 Å². The van der Waals surface area contributed by atoms with E-state index in [2.05, 4.69) is 66.5 Å². The van der Waals surface area contributed by atoms with Gasteiger partial charge in [0.05, 0.1) is 15.6 Å². The van der Waals surface area contributed by atoms with Crippen LogP contribution in [-0.2, 0) is 6.54 Å². The molecule has 1 atom stereocenters. The van der Waals surface area contributed by atoms with E-state index in [4.69, 9.17) is 0 Å². The van der Waals surface area contributed by atoms with E-state index in [1.165, 1.54) is 16.1 Å². The van der Waals surface area contributed by atoms with Gasteiger partial charge < -0.3 is 10.2 Å². The number of rotatable bonds is 4. The van der Waals surface area contributed by atoms with Crippen molar-refractivity contribution in [2.75, 3.05) is 11.4 Å². The number of benzene rings is 2. The molecule has 0 radical (unpaired) electrons. The molecule has 0 fully saturated rings. The third kappa shape index (κ3) is 3.89. The lowest BCUT2D eigenvalue weighted by Crippen LogP contribution is -2.28. The van der Waals surface area contributed by atoms with Gasteiger partial charge in [0.1, 0.15) is 0 Å². The lowest BCUT2D eigenvalue weighted by molar-refractivity contribution is 0.0955. The first-order chi connectivity index (χ1) is 13.1. The summed E-state index contributed by atoms with van der Waals surface area (Å²) < 4.78 is 0. The SMILES string of the molecule is Cc1ccccc1CNC(=O)c1ccc(N2C[C@H](C)Sc3ccccc32)s1. The quantitative estimate of drug-likeness (QED) is 0.623. The Bertz CT molecular complexity index is 966. The summed E-state index contributed by atoms with van der Waals surface area (Å²) in [6.07, 6.45) is 0. The minimum atomic E-state index is -0.0118. The number of thioether (sulfide) groups is 1. The molecule has 0 unspecified atom stereocenters. The molecule has 138 valence electrons. The Hall–Kier alpha value is -2.24. The third-order valence-electron chi connectivity index (χ3n) is 4.71. The van der Waals surface area contributed by atoms with Gasteiger partial charge in [-0.05, 0) is 42.3 Å². The molecular weight excluding hydrogens is 372 g/mol. The van der Waals surface area contributed by atoms with Crippen molar-refractivity contribution >= 4 is 39.7 Å². The summed E-state index contributed by atoms with van der Waals surface area (Å²) in [6, 6.07) is 20.6. The van der Waals surface area contributed by atoms with Crippen molar-refractivity contribution in [1.82, 2.24) is 5.32 Å². The van der Waals surface area contributed by atoms with Crippen molar-refractivity contribution in [3.05, 3.63) is 76.7 Å². The smallest absolute Gasteiger partial charge is 0.261 e. The molecule has 1 amide bonds. The average molecular weight is 395 g/mol. The van der Waals surface area contributed by atoms with E-state index in [1.807, 2.05) is 30.0 Å². The third-order valence-corrected chi connectivity index (χ3v) is 6.96. The predicted octanol–water partition coefficient (Wildman–Crippen LogP) is 5.62. The number of para-hydroxylation sites is 1. The first-order valence-corrected chi connectivity index (χ1v) is 10.8. The van der Waals surface area contributed by atoms with Crippen molar-refractivity contribution in [3.63, 3.8) is 0 Å². The number of nitrogens with zero attached hydrogens (tertiary/aromatic N) is 1. The number of hydrogen-bond donors (Lipinski definition) is 1. The Morgan fingerprint density at radius 1 is 1.11 bits per heavy atom. The lowest BCUT2D eigenvalue weighted by atomic mass is 10.1. The van der Waals surface area contributed by atoms with E-state index in [0.29, 0.717) is 11.8 Å². The zero-order valence-electron chi connectivity index (χ0n) is 15.4. The van der Waals surface area contributed by atoms with Crippen LogP contribution in [0.15, 0.2) is 65.6 Å². The zero-order valence-corrected chi connectivity index (χ0v) is 17.1. The first-order valence-electron chi connectivity index (χ1n) is 9.07. The molecule has 0 saturated carbocycles. The summed E-state index contributed by atoms with van der Waals surface area (Å²) in [6.45, 7) is 5.82. The molecule has 5 heteroatoms. The lowest BCUT2D eigenvalue weighted by Gasteiger charge is -2.33. The summed E-state index contributed by atoms with van der Waals surface area (Å²) in [7, 11) is 0. The number of carbonyl (C=O) groups is 1. The van der Waals surface area contributed by atoms with E-state index >= 15 is 0 Å². The topological polar surface area (TPSA) is 32.3 Å². The van der Waals surface area contributed by atoms with E-state index < -0.39 is 0 Å². The molecule has 1 aliphatic rings. The summed E-state index contributed by atoms with van der Waals surface area (Å²) in [5, 5.41) is 4.68. The molecule has 2 aromatic carbocycles. The van der Waals surface area contributed by atoms with E-state index in [-0.39, 0.29) is 5.91 Å². The Balaban J connectivity index is 1.50. The van der Waals surface area contributed by atoms with Gasteiger partial charge in [0.2, 0.25) is 0 Å². The van der Waals surface area contributed by atoms with Gasteiger partial charge in [-0.1, -0.05) is 43.3 Å². The van der Waals surface area contributed by atoms with Gasteiger partial charge >= 0.3 is 0 Å². The second-order valence-electron chi connectivity index (χ2n) is 6.75. The minimum absolute atomic E-state index is 0.0118. The monoisotopic (exact) mass is 394 g/mol. The number of carbonyl (C=O) groups excluding carboxylic acids is 1. The number of fused-ring (bicyclic) bond motifs is 1. The Morgan fingerprint density at radius 2 is 1.89 bits per heavy atom. The molecule has 3 nitrogen and oxygen atoms in total. The molecule has 0 aliphatic carbocycles. The van der Waals surface area contributed by atoms with Gasteiger partial charge in [-0.15, -0.1) is 23.1 Å². The molecule has 2 heterocycles. The van der Waals surface area contributed by atoms with E-state index in [0.717, 1.165) is 22.0 Å². The van der Waals surface area contributed by atoms with Crippen molar-refractivity contribution in [3.8, 4) is 0 Å². The van der Waals surface area contributed by atoms with Gasteiger partial charge in [-0.3, -0.25) is 4.79 Å². The number of amides is 1. The van der Waals surface area contributed by atoms with Crippen molar-refractivity contribution in [2.24, 2.45) is 0 Å². The maximum absolute atomic E-state index is 12.6. The maximum Gasteiger partial charge on any atom is 0.261 e. The van der Waals surface area contributed by atoms with Crippen molar-refractivity contribution < 1.29 is 4.79 Å². The van der Waals surface area contributed by atoms with Crippen LogP contribution < -0.4 is 10.2 Å². The van der Waals surface area contributed by atoms with Crippen LogP contribution >= 0.6 is 23.1 Å². The van der Waals surface area contributed by atoms with Crippen molar-refractivity contribution in [1.29, 1.82) is 0 Å². The second kappa shape index (κ2) is 7.79. The highest BCUT2D eigenvalue weighted by molar-refractivity contribution is 8.00. The van der Waals surface area contributed by atoms with Gasteiger partial charge in [0.25, 0.3) is 5.91 Å². The summed E-state index contributed by atoms with van der Waals surface area (Å²) in [5.74, 6) is -0.0118. The molecule has 4 rings (SSSR count). The molecule has 1 aromatic heterocycles. The second-order valence-corrected chi connectivity index (χ2v) is 9.30. The normalized spacial score (nSPS) is 16.1. The highest BCUT2D eigenvalue weighted by Gasteiger charge is 2.24. The van der Waals surface area contributed by atoms with Crippen LogP contribution in [0.2, 0.25) is 0 Å². The van der Waals surface area contributed by atoms with Gasteiger partial charge in [-0.25, -0.2) is 0 Å². The highest BCUT2D eigenvalue weighted by Crippen LogP contribution is 2.43. The highest BCUT2D eigenvalue weighted by atomic mass is 32.2. The van der Waals surface area contributed by atoms with Crippen LogP contribution in [0.4, 0.5) is 10.7 Å². The molecule has 0 bridgehead atoms. The van der Waals surface area contributed by atoms with Crippen LogP contribution in [0.5, 0.6) is 0 Å². The Morgan fingerprint density at radius 3 is 2.74 bits per heavy atom. The largest absolute Gasteiger partial charge is 0.347 e. The van der Waals surface area contributed by atoms with Crippen LogP contribution in [-0.4, -0.2) is 17.7 Å². The number of aryl methyl sites for hydroxylation is 1. The van der Waals surface area contributed by atoms with Gasteiger partial charge in [-0.2, -0.15) is 0 Å². The maximum atomic E-state index is 12.6. The van der Waals surface area contributed by atoms with Crippen LogP contribution in [0.3, 0.4) is 0 Å². The molecule has 27 heavy (non-hydrogen) atoms. The first kappa shape index (κ1) is 18.1. The number of hydrogen-bond acceptors (Lipinski definition) is 4. The minimum Gasteiger partial charge on any atom is -0.347 e. The number of nitrogens with one attached hydrogen (secondary N) is 1. The molecule has 0 spiro atoms. The number of anilines is 2. The Kier molecular flexibility index (Phi) is 5.23. The fourth-order valence-corrected chi connectivity index (χ4v) is 5.32. The molecule has 1 N–H and O–H groups in total. The van der Waals surface area contributed by atoms with E-state index in [9.17, 15) is 4.79 Å². The van der Waals surface area contributed by atoms with Crippen molar-refractivity contribution in [2.45, 2.75) is 30.5 Å². The molecule has 3 aromatic rings. The number of thiophene rings is 1. The summed E-state index contributed by atoms with van der Waals surface area (Å²) >= 11 is 3.47. The fourth-order valence-electron chi connectivity index (χ4n) is 3.26. The zero-order chi connectivity index (χ0) is 18.8. The molecular formula is C22H22N2OS2. The van der Waals surface area contributed by atoms with Gasteiger partial charge in [0.15, 0.2) is 0 Å². The van der Waals surface area contributed by atoms with Crippen LogP contribution in [0.25, 0.3) is 0 Å². The molecule has 0 saturated heterocycles. The van der Waals surface area contributed by atoms with Gasteiger partial charge in [0, 0.05) is 23.2 Å². The average Bonchev–Trinajstić information content (AvgIpc) is 3.16. The van der Waals surface area contributed by atoms with E-state index in [1.54, 1.807) is 11.3 Å².